The molecule has 0 saturated heterocycles. The highest BCUT2D eigenvalue weighted by molar-refractivity contribution is 7.89. The molecule has 0 radical (unpaired) electrons. The fraction of sp³-hybridized carbons (Fsp3) is 0.208. The van der Waals surface area contributed by atoms with Crippen molar-refractivity contribution < 1.29 is 35.9 Å². The molecule has 0 aromatic heterocycles. The Morgan fingerprint density at radius 3 is 2.16 bits per heavy atom. The summed E-state index contributed by atoms with van der Waals surface area (Å²) in [4.78, 5) is 13.1. The van der Waals surface area contributed by atoms with E-state index in [1.165, 1.54) is 68.8 Å². The van der Waals surface area contributed by atoms with Gasteiger partial charge < -0.3 is 14.8 Å². The summed E-state index contributed by atoms with van der Waals surface area (Å²) >= 11 is 12.7. The molecule has 3 rings (SSSR count). The predicted octanol–water partition coefficient (Wildman–Crippen LogP) is 5.84. The van der Waals surface area contributed by atoms with Gasteiger partial charge in [-0.2, -0.15) is 0 Å². The molecule has 1 amide bonds. The summed E-state index contributed by atoms with van der Waals surface area (Å²) in [5, 5.41) is 2.62. The lowest BCUT2D eigenvalue weighted by Crippen LogP contribution is -2.25. The zero-order chi connectivity index (χ0) is 27.4. The van der Waals surface area contributed by atoms with Crippen molar-refractivity contribution in [2.24, 2.45) is 0 Å². The molecule has 0 aliphatic heterocycles. The number of para-hydroxylation sites is 1. The van der Waals surface area contributed by atoms with E-state index in [1.807, 2.05) is 0 Å². The monoisotopic (exact) mass is 576 g/mol. The number of rotatable bonds is 9. The third-order valence-corrected chi connectivity index (χ3v) is 7.23. The van der Waals surface area contributed by atoms with E-state index in [4.69, 9.17) is 27.9 Å². The van der Waals surface area contributed by atoms with Crippen molar-refractivity contribution in [3.05, 3.63) is 76.3 Å². The molecular formula is C24H21Cl2F3N2O5S. The molecule has 0 aliphatic carbocycles. The van der Waals surface area contributed by atoms with Crippen LogP contribution in [0, 0.1) is 0 Å². The van der Waals surface area contributed by atoms with Gasteiger partial charge in [-0.1, -0.05) is 53.5 Å². The van der Waals surface area contributed by atoms with Crippen molar-refractivity contribution in [3.63, 3.8) is 0 Å². The van der Waals surface area contributed by atoms with E-state index in [0.717, 1.165) is 6.07 Å². The number of ether oxygens (including phenoxy) is 2. The van der Waals surface area contributed by atoms with Crippen LogP contribution in [0.3, 0.4) is 0 Å². The third kappa shape index (κ3) is 7.14. The first kappa shape index (κ1) is 28.7. The summed E-state index contributed by atoms with van der Waals surface area (Å²) in [5.74, 6) is -1.82. The summed E-state index contributed by atoms with van der Waals surface area (Å²) in [7, 11) is -0.963. The average molecular weight is 577 g/mol. The predicted molar refractivity (Wildman–Crippen MR) is 135 cm³/mol. The topological polar surface area (TPSA) is 93.7 Å². The van der Waals surface area contributed by atoms with Crippen LogP contribution in [0.1, 0.15) is 11.5 Å². The molecule has 198 valence electrons. The summed E-state index contributed by atoms with van der Waals surface area (Å²) in [5.41, 5.74) is 0.785. The minimum atomic E-state index is -4.92. The Hall–Kier alpha value is -2.83. The lowest BCUT2D eigenvalue weighted by molar-refractivity contribution is -0.274. The molecule has 37 heavy (non-hydrogen) atoms. The Bertz CT molecular complexity index is 1360. The van der Waals surface area contributed by atoms with Crippen molar-refractivity contribution in [2.75, 3.05) is 26.1 Å². The number of hydrogen-bond acceptors (Lipinski definition) is 5. The van der Waals surface area contributed by atoms with Crippen molar-refractivity contribution in [3.8, 4) is 16.9 Å². The quantitative estimate of drug-likeness (QED) is 0.334. The number of methoxy groups -OCH3 is 1. The lowest BCUT2D eigenvalue weighted by atomic mass is 9.98. The zero-order valence-electron chi connectivity index (χ0n) is 19.4. The molecular weight excluding hydrogens is 556 g/mol. The lowest BCUT2D eigenvalue weighted by Gasteiger charge is -2.19. The number of anilines is 1. The van der Waals surface area contributed by atoms with Crippen molar-refractivity contribution in [1.82, 2.24) is 4.72 Å². The van der Waals surface area contributed by atoms with Gasteiger partial charge in [-0.25, -0.2) is 13.1 Å². The van der Waals surface area contributed by atoms with Crippen LogP contribution in [-0.4, -0.2) is 41.5 Å². The summed E-state index contributed by atoms with van der Waals surface area (Å²) < 4.78 is 73.9. The molecule has 0 saturated carbocycles. The smallest absolute Gasteiger partial charge is 0.405 e. The van der Waals surface area contributed by atoms with E-state index < -0.39 is 34.0 Å². The Morgan fingerprint density at radius 1 is 1.03 bits per heavy atom. The van der Waals surface area contributed by atoms with Gasteiger partial charge in [0.15, 0.2) is 0 Å². The maximum absolute atomic E-state index is 13.1. The second kappa shape index (κ2) is 11.7. The molecule has 1 unspecified atom stereocenters. The van der Waals surface area contributed by atoms with Crippen LogP contribution in [-0.2, 0) is 19.6 Å². The Labute approximate surface area is 221 Å². The van der Waals surface area contributed by atoms with Gasteiger partial charge >= 0.3 is 6.36 Å². The highest BCUT2D eigenvalue weighted by Gasteiger charge is 2.32. The fourth-order valence-electron chi connectivity index (χ4n) is 3.51. The highest BCUT2D eigenvalue weighted by Crippen LogP contribution is 2.42. The van der Waals surface area contributed by atoms with Gasteiger partial charge in [-0.3, -0.25) is 4.79 Å². The zero-order valence-corrected chi connectivity index (χ0v) is 21.7. The first-order valence-electron chi connectivity index (χ1n) is 10.5. The molecule has 3 aromatic carbocycles. The number of halogens is 5. The number of sulfonamides is 1. The van der Waals surface area contributed by atoms with E-state index in [2.05, 4.69) is 14.8 Å². The van der Waals surface area contributed by atoms with Gasteiger partial charge in [-0.15, -0.1) is 13.2 Å². The summed E-state index contributed by atoms with van der Waals surface area (Å²) in [6, 6.07) is 13.8. The fourth-order valence-corrected chi connectivity index (χ4v) is 4.93. The molecule has 0 fully saturated rings. The van der Waals surface area contributed by atoms with Crippen LogP contribution < -0.4 is 14.8 Å². The number of carbonyl (C=O) groups excluding carboxylic acids is 1. The van der Waals surface area contributed by atoms with Gasteiger partial charge in [-0.05, 0) is 42.9 Å². The second-order valence-corrected chi connectivity index (χ2v) is 10.3. The molecule has 0 spiro atoms. The van der Waals surface area contributed by atoms with Crippen LogP contribution in [0.25, 0.3) is 11.1 Å². The highest BCUT2D eigenvalue weighted by atomic mass is 35.5. The maximum atomic E-state index is 13.1. The van der Waals surface area contributed by atoms with Gasteiger partial charge in [0.25, 0.3) is 0 Å². The van der Waals surface area contributed by atoms with E-state index in [0.29, 0.717) is 5.56 Å². The summed E-state index contributed by atoms with van der Waals surface area (Å²) in [6.45, 7) is -0.0222. The number of amides is 1. The number of alkyl halides is 3. The minimum Gasteiger partial charge on any atom is -0.405 e. The van der Waals surface area contributed by atoms with Crippen molar-refractivity contribution in [1.29, 1.82) is 0 Å². The average Bonchev–Trinajstić information content (AvgIpc) is 2.82. The molecule has 3 aromatic rings. The molecule has 0 bridgehead atoms. The SMILES string of the molecule is CNS(=O)(=O)c1ccc(C(COC)C(=O)Nc2cc(Cl)c(-c3ccccc3OC(F)(F)F)c(Cl)c2)cc1. The molecule has 2 N–H and O–H groups in total. The standard InChI is InChI=1S/C24H21Cl2F3N2O5S/c1-30-37(33,34)16-9-7-14(8-10-16)18(13-35-2)23(32)31-15-11-19(25)22(20(26)12-15)17-5-3-4-6-21(17)36-24(27,28)29/h3-12,18,30H,13H2,1-2H3,(H,31,32). The van der Waals surface area contributed by atoms with Crippen LogP contribution in [0.2, 0.25) is 10.0 Å². The number of hydrogen-bond donors (Lipinski definition) is 2. The third-order valence-electron chi connectivity index (χ3n) is 5.20. The molecule has 1 atom stereocenters. The molecule has 13 heteroatoms. The maximum Gasteiger partial charge on any atom is 0.573 e. The van der Waals surface area contributed by atoms with Gasteiger partial charge in [0.2, 0.25) is 15.9 Å². The summed E-state index contributed by atoms with van der Waals surface area (Å²) in [6.07, 6.45) is -4.92. The van der Waals surface area contributed by atoms with E-state index in [-0.39, 0.29) is 38.4 Å². The van der Waals surface area contributed by atoms with Crippen molar-refractivity contribution >= 4 is 44.8 Å². The van der Waals surface area contributed by atoms with Crippen LogP contribution >= 0.6 is 23.2 Å². The molecule has 7 nitrogen and oxygen atoms in total. The Morgan fingerprint density at radius 2 is 1.62 bits per heavy atom. The van der Waals surface area contributed by atoms with Gasteiger partial charge in [0, 0.05) is 23.9 Å². The van der Waals surface area contributed by atoms with Crippen LogP contribution in [0.4, 0.5) is 18.9 Å². The van der Waals surface area contributed by atoms with Gasteiger partial charge in [0.05, 0.1) is 27.5 Å². The first-order valence-corrected chi connectivity index (χ1v) is 12.8. The first-order chi connectivity index (χ1) is 17.4. The van der Waals surface area contributed by atoms with E-state index in [9.17, 15) is 26.4 Å². The number of nitrogens with one attached hydrogen (secondary N) is 2. The minimum absolute atomic E-state index is 0.0153. The normalized spacial score (nSPS) is 12.7. The number of carbonyl (C=O) groups is 1. The largest absolute Gasteiger partial charge is 0.573 e. The van der Waals surface area contributed by atoms with Gasteiger partial charge in [0.1, 0.15) is 5.75 Å². The van der Waals surface area contributed by atoms with E-state index >= 15 is 0 Å². The van der Waals surface area contributed by atoms with E-state index in [1.54, 1.807) is 0 Å². The molecule has 0 aliphatic rings. The van der Waals surface area contributed by atoms with Crippen LogP contribution in [0.5, 0.6) is 5.75 Å². The molecule has 0 heterocycles. The Kier molecular flexibility index (Phi) is 9.09. The second-order valence-electron chi connectivity index (χ2n) is 7.63. The van der Waals surface area contributed by atoms with Crippen LogP contribution in [0.15, 0.2) is 65.6 Å². The Balaban J connectivity index is 1.89. The van der Waals surface area contributed by atoms with Crippen molar-refractivity contribution in [2.45, 2.75) is 17.2 Å². The number of benzene rings is 3.